The second-order valence-electron chi connectivity index (χ2n) is 4.66. The lowest BCUT2D eigenvalue weighted by Gasteiger charge is -2.08. The van der Waals surface area contributed by atoms with Gasteiger partial charge in [-0.1, -0.05) is 6.07 Å². The quantitative estimate of drug-likeness (QED) is 0.195. The van der Waals surface area contributed by atoms with Crippen LogP contribution in [0.3, 0.4) is 0 Å². The minimum Gasteiger partial charge on any atom is -0.548 e. The van der Waals surface area contributed by atoms with Gasteiger partial charge in [0.25, 0.3) is 5.91 Å². The second kappa shape index (κ2) is 14.2. The molecule has 10 heteroatoms. The maximum Gasteiger partial charge on any atom is 0.251 e. The topological polar surface area (TPSA) is 155 Å². The Morgan fingerprint density at radius 1 is 1.16 bits per heavy atom. The Morgan fingerprint density at radius 3 is 2.32 bits per heavy atom. The number of nitrogens with two attached hydrogens (primary N) is 1. The van der Waals surface area contributed by atoms with E-state index in [0.717, 1.165) is 0 Å². The Morgan fingerprint density at radius 2 is 1.80 bits per heavy atom. The van der Waals surface area contributed by atoms with E-state index in [9.17, 15) is 19.5 Å². The first-order valence-corrected chi connectivity index (χ1v) is 8.10. The Hall–Kier alpha value is -2.14. The SMILES string of the molecule is O=C([O-])CNC(=O)c1cccc(NC(=O)CS)c1.OCC[NH2+]CCO. The average Bonchev–Trinajstić information content (AvgIpc) is 2.60. The molecule has 2 amide bonds. The Labute approximate surface area is 150 Å². The van der Waals surface area contributed by atoms with Crippen LogP contribution in [0.2, 0.25) is 0 Å². The van der Waals surface area contributed by atoms with Crippen LogP contribution in [-0.2, 0) is 9.59 Å². The highest BCUT2D eigenvalue weighted by atomic mass is 32.1. The van der Waals surface area contributed by atoms with Gasteiger partial charge in [0.05, 0.1) is 44.6 Å². The summed E-state index contributed by atoms with van der Waals surface area (Å²) in [5, 5.41) is 33.1. The molecule has 0 heterocycles. The number of hydrogen-bond acceptors (Lipinski definition) is 7. The summed E-state index contributed by atoms with van der Waals surface area (Å²) in [6.07, 6.45) is 0. The van der Waals surface area contributed by atoms with Crippen molar-refractivity contribution in [3.63, 3.8) is 0 Å². The fourth-order valence-electron chi connectivity index (χ4n) is 1.52. The standard InChI is InChI=1S/C11H12N2O4S.C4H11NO2/c14-9(6-18)13-8-3-1-2-7(4-8)11(17)12-5-10(15)16;6-3-1-5-2-4-7/h1-4,18H,5-6H2,(H,12,17)(H,13,14)(H,15,16);5-7H,1-4H2. The van der Waals surface area contributed by atoms with Gasteiger partial charge in [0.15, 0.2) is 0 Å². The third kappa shape index (κ3) is 12.0. The van der Waals surface area contributed by atoms with E-state index in [-0.39, 0.29) is 30.4 Å². The lowest BCUT2D eigenvalue weighted by Crippen LogP contribution is -2.85. The molecule has 0 aliphatic heterocycles. The van der Waals surface area contributed by atoms with Crippen LogP contribution in [0.5, 0.6) is 0 Å². The molecule has 25 heavy (non-hydrogen) atoms. The highest BCUT2D eigenvalue weighted by Crippen LogP contribution is 2.10. The zero-order valence-corrected chi connectivity index (χ0v) is 14.5. The van der Waals surface area contributed by atoms with Crippen molar-refractivity contribution in [2.24, 2.45) is 0 Å². The number of rotatable bonds is 9. The van der Waals surface area contributed by atoms with Gasteiger partial charge in [-0.05, 0) is 18.2 Å². The lowest BCUT2D eigenvalue weighted by molar-refractivity contribution is -0.657. The fraction of sp³-hybridized carbons (Fsp3) is 0.400. The molecule has 0 fully saturated rings. The van der Waals surface area contributed by atoms with E-state index in [0.29, 0.717) is 18.8 Å². The van der Waals surface area contributed by atoms with Crippen LogP contribution in [0.25, 0.3) is 0 Å². The summed E-state index contributed by atoms with van der Waals surface area (Å²) in [7, 11) is 0. The molecule has 0 aliphatic carbocycles. The lowest BCUT2D eigenvalue weighted by atomic mass is 10.2. The number of carboxylic acids is 1. The van der Waals surface area contributed by atoms with Gasteiger partial charge in [-0.25, -0.2) is 0 Å². The van der Waals surface area contributed by atoms with Crippen molar-refractivity contribution in [1.82, 2.24) is 5.32 Å². The number of anilines is 1. The smallest absolute Gasteiger partial charge is 0.251 e. The molecule has 1 aromatic rings. The molecule has 6 N–H and O–H groups in total. The van der Waals surface area contributed by atoms with Gasteiger partial charge in [0, 0.05) is 11.3 Å². The van der Waals surface area contributed by atoms with Crippen LogP contribution < -0.4 is 21.1 Å². The first-order chi connectivity index (χ1) is 11.9. The molecule has 0 atom stereocenters. The number of nitrogens with one attached hydrogen (secondary N) is 2. The van der Waals surface area contributed by atoms with Crippen LogP contribution >= 0.6 is 12.6 Å². The van der Waals surface area contributed by atoms with Gasteiger partial charge in [-0.15, -0.1) is 0 Å². The molecule has 0 spiro atoms. The van der Waals surface area contributed by atoms with E-state index >= 15 is 0 Å². The molecular formula is C15H23N3O6S. The van der Waals surface area contributed by atoms with Gasteiger partial charge in [0.2, 0.25) is 5.91 Å². The predicted octanol–water partition coefficient (Wildman–Crippen LogP) is -3.43. The summed E-state index contributed by atoms with van der Waals surface area (Å²) in [5.74, 6) is -2.20. The summed E-state index contributed by atoms with van der Waals surface area (Å²) in [5.41, 5.74) is 0.684. The Balaban J connectivity index is 0.000000697. The van der Waals surface area contributed by atoms with Crippen LogP contribution in [0, 0.1) is 0 Å². The molecule has 0 radical (unpaired) electrons. The molecule has 9 nitrogen and oxygen atoms in total. The minimum atomic E-state index is -1.37. The molecular weight excluding hydrogens is 350 g/mol. The summed E-state index contributed by atoms with van der Waals surface area (Å²) < 4.78 is 0. The largest absolute Gasteiger partial charge is 0.548 e. The van der Waals surface area contributed by atoms with Gasteiger partial charge < -0.3 is 36.1 Å². The third-order valence-electron chi connectivity index (χ3n) is 2.61. The third-order valence-corrected chi connectivity index (χ3v) is 2.90. The van der Waals surface area contributed by atoms with Crippen molar-refractivity contribution in [2.45, 2.75) is 0 Å². The van der Waals surface area contributed by atoms with Gasteiger partial charge in [-0.3, -0.25) is 9.59 Å². The van der Waals surface area contributed by atoms with E-state index in [2.05, 4.69) is 23.3 Å². The van der Waals surface area contributed by atoms with Crippen molar-refractivity contribution >= 4 is 36.1 Å². The molecule has 0 unspecified atom stereocenters. The van der Waals surface area contributed by atoms with Crippen LogP contribution in [0.1, 0.15) is 10.4 Å². The second-order valence-corrected chi connectivity index (χ2v) is 4.97. The highest BCUT2D eigenvalue weighted by Gasteiger charge is 2.06. The number of carboxylic acid groups (broad SMARTS) is 1. The van der Waals surface area contributed by atoms with Crippen molar-refractivity contribution in [2.75, 3.05) is 43.9 Å². The number of benzene rings is 1. The van der Waals surface area contributed by atoms with Gasteiger partial charge in [0.1, 0.15) is 0 Å². The molecule has 1 aromatic carbocycles. The summed E-state index contributed by atoms with van der Waals surface area (Å²) >= 11 is 3.80. The number of aliphatic carboxylic acids is 1. The Kier molecular flexibility index (Phi) is 13.0. The van der Waals surface area contributed by atoms with E-state index in [1.54, 1.807) is 12.1 Å². The number of amides is 2. The molecule has 0 saturated carbocycles. The first kappa shape index (κ1) is 22.9. The van der Waals surface area contributed by atoms with Crippen molar-refractivity contribution in [3.05, 3.63) is 29.8 Å². The minimum absolute atomic E-state index is 0.0289. The number of thiol groups is 1. The van der Waals surface area contributed by atoms with E-state index in [4.69, 9.17) is 10.2 Å². The highest BCUT2D eigenvalue weighted by molar-refractivity contribution is 7.81. The maximum absolute atomic E-state index is 11.5. The molecule has 1 rings (SSSR count). The van der Waals surface area contributed by atoms with E-state index < -0.39 is 18.4 Å². The van der Waals surface area contributed by atoms with Crippen molar-refractivity contribution in [1.29, 1.82) is 0 Å². The Bertz CT molecular complexity index is 552. The zero-order chi connectivity index (χ0) is 19.1. The zero-order valence-electron chi connectivity index (χ0n) is 13.6. The summed E-state index contributed by atoms with van der Waals surface area (Å²) in [4.78, 5) is 32.8. The summed E-state index contributed by atoms with van der Waals surface area (Å²) in [6.45, 7) is 1.22. The van der Waals surface area contributed by atoms with E-state index in [1.807, 2.05) is 5.32 Å². The molecule has 0 saturated heterocycles. The van der Waals surface area contributed by atoms with Gasteiger partial charge in [-0.2, -0.15) is 12.6 Å². The van der Waals surface area contributed by atoms with Crippen molar-refractivity contribution in [3.8, 4) is 0 Å². The summed E-state index contributed by atoms with van der Waals surface area (Å²) in [6, 6.07) is 6.12. The first-order valence-electron chi connectivity index (χ1n) is 7.46. The molecule has 0 aliphatic rings. The normalized spacial score (nSPS) is 9.56. The monoisotopic (exact) mass is 373 g/mol. The molecule has 0 bridgehead atoms. The predicted molar refractivity (Wildman–Crippen MR) is 92.1 cm³/mol. The van der Waals surface area contributed by atoms with E-state index in [1.165, 1.54) is 12.1 Å². The molecule has 0 aromatic heterocycles. The van der Waals surface area contributed by atoms with Crippen LogP contribution in [0.15, 0.2) is 24.3 Å². The number of aliphatic hydroxyl groups is 2. The van der Waals surface area contributed by atoms with Gasteiger partial charge >= 0.3 is 0 Å². The average molecular weight is 373 g/mol. The number of carbonyl (C=O) groups excluding carboxylic acids is 3. The molecule has 140 valence electrons. The number of hydrogen-bond donors (Lipinski definition) is 6. The number of aliphatic hydroxyl groups excluding tert-OH is 2. The van der Waals surface area contributed by atoms with Crippen LogP contribution in [-0.4, -0.2) is 66.6 Å². The fourth-order valence-corrected chi connectivity index (χ4v) is 1.60. The van der Waals surface area contributed by atoms with Crippen LogP contribution in [0.4, 0.5) is 5.69 Å². The maximum atomic E-state index is 11.5. The number of quaternary nitrogens is 1. The van der Waals surface area contributed by atoms with Crippen molar-refractivity contribution < 1.29 is 35.0 Å². The number of carbonyl (C=O) groups is 3.